The lowest BCUT2D eigenvalue weighted by atomic mass is 9.98. The molecule has 20 nitrogen and oxygen atoms in total. The molecule has 3 heterocycles. The number of rotatable bonds is 21. The Labute approximate surface area is 289 Å². The first-order valence-corrected chi connectivity index (χ1v) is 18.6. The number of aliphatic hydroxyl groups is 9. The molecule has 50 heavy (non-hydrogen) atoms. The Morgan fingerprint density at radius 3 is 1.36 bits per heavy atom. The number of unbranched alkanes of at least 4 members (excludes halogenated alkanes) is 3. The SMILES string of the molecule is COCCCCCOC1OC(COC2OC(COC3OC(COCCCCOP(C)(=O)O)C(O)C(O)C3O)C(O)C(O)C2O)C(O)C(O)C1O. The molecule has 0 bridgehead atoms. The molecule has 3 fully saturated rings. The molecular weight excluding hydrogens is 699 g/mol. The minimum absolute atomic E-state index is 0.0407. The fraction of sp³-hybridized carbons (Fsp3) is 1.00. The average Bonchev–Trinajstić information content (AvgIpc) is 3.07. The zero-order valence-corrected chi connectivity index (χ0v) is 29.0. The highest BCUT2D eigenvalue weighted by Crippen LogP contribution is 2.36. The van der Waals surface area contributed by atoms with E-state index in [2.05, 4.69) is 0 Å². The molecule has 0 aromatic heterocycles. The molecule has 3 aliphatic rings. The van der Waals surface area contributed by atoms with Crippen LogP contribution in [0.5, 0.6) is 0 Å². The summed E-state index contributed by atoms with van der Waals surface area (Å²) in [5.74, 6) is 0. The van der Waals surface area contributed by atoms with Gasteiger partial charge in [0, 0.05) is 33.6 Å². The van der Waals surface area contributed by atoms with Gasteiger partial charge in [-0.25, -0.2) is 0 Å². The van der Waals surface area contributed by atoms with E-state index in [4.69, 9.17) is 47.3 Å². The Hall–Kier alpha value is -0.530. The standard InChI is InChI=1S/C29H55O20P/c1-41-8-4-3-5-10-43-27-24(36)22(34)19(31)16(48-27)13-45-29-26(38)23(35)20(32)17(49-29)14-44-28-25(37)21(33)18(30)15(47-28)12-42-9-6-7-11-46-50(2,39)40/h15-38H,3-14H2,1-2H3,(H,39,40). The van der Waals surface area contributed by atoms with Crippen LogP contribution in [-0.4, -0.2) is 203 Å². The van der Waals surface area contributed by atoms with Crippen LogP contribution in [0.2, 0.25) is 0 Å². The van der Waals surface area contributed by atoms with Gasteiger partial charge >= 0.3 is 7.60 Å². The molecule has 0 aromatic carbocycles. The topological polar surface area (TPSA) is 302 Å². The third-order valence-electron chi connectivity index (χ3n) is 8.43. The van der Waals surface area contributed by atoms with Crippen molar-refractivity contribution >= 4 is 7.60 Å². The normalized spacial score (nSPS) is 40.8. The van der Waals surface area contributed by atoms with E-state index >= 15 is 0 Å². The van der Waals surface area contributed by atoms with Crippen molar-refractivity contribution in [2.75, 3.05) is 60.0 Å². The van der Waals surface area contributed by atoms with E-state index in [1.54, 1.807) is 7.11 Å². The van der Waals surface area contributed by atoms with Gasteiger partial charge < -0.3 is 93.3 Å². The van der Waals surface area contributed by atoms with Gasteiger partial charge in [0.05, 0.1) is 26.4 Å². The van der Waals surface area contributed by atoms with Crippen LogP contribution in [0.3, 0.4) is 0 Å². The number of hydrogen-bond acceptors (Lipinski definition) is 19. The van der Waals surface area contributed by atoms with Crippen molar-refractivity contribution in [1.29, 1.82) is 0 Å². The lowest BCUT2D eigenvalue weighted by molar-refractivity contribution is -0.342. The van der Waals surface area contributed by atoms with Crippen LogP contribution in [-0.2, 0) is 47.0 Å². The van der Waals surface area contributed by atoms with E-state index in [0.29, 0.717) is 25.9 Å². The van der Waals surface area contributed by atoms with E-state index in [1.807, 2.05) is 0 Å². The fourth-order valence-electron chi connectivity index (χ4n) is 5.42. The molecule has 21 heteroatoms. The van der Waals surface area contributed by atoms with Gasteiger partial charge in [-0.2, -0.15) is 0 Å². The van der Waals surface area contributed by atoms with Gasteiger partial charge in [0.2, 0.25) is 0 Å². The second kappa shape index (κ2) is 21.4. The summed E-state index contributed by atoms with van der Waals surface area (Å²) in [6.45, 7) is 0.744. The van der Waals surface area contributed by atoms with Gasteiger partial charge in [0.1, 0.15) is 73.2 Å². The van der Waals surface area contributed by atoms with E-state index < -0.39 is 113 Å². The highest BCUT2D eigenvalue weighted by molar-refractivity contribution is 7.51. The van der Waals surface area contributed by atoms with Gasteiger partial charge in [-0.15, -0.1) is 0 Å². The molecular formula is C29H55O20P. The first kappa shape index (κ1) is 43.9. The number of aliphatic hydroxyl groups excluding tert-OH is 9. The summed E-state index contributed by atoms with van der Waals surface area (Å²) < 4.78 is 59.9. The molecule has 16 unspecified atom stereocenters. The lowest BCUT2D eigenvalue weighted by Gasteiger charge is -2.44. The Kier molecular flexibility index (Phi) is 18.8. The predicted molar refractivity (Wildman–Crippen MR) is 165 cm³/mol. The molecule has 10 N–H and O–H groups in total. The number of hydrogen-bond donors (Lipinski definition) is 10. The zero-order valence-electron chi connectivity index (χ0n) is 28.1. The third kappa shape index (κ3) is 13.1. The second-order valence-electron chi connectivity index (χ2n) is 12.6. The van der Waals surface area contributed by atoms with Crippen LogP contribution in [0.25, 0.3) is 0 Å². The maximum atomic E-state index is 11.2. The maximum Gasteiger partial charge on any atom is 0.325 e. The average molecular weight is 755 g/mol. The quantitative estimate of drug-likeness (QED) is 0.0393. The Morgan fingerprint density at radius 2 is 0.900 bits per heavy atom. The van der Waals surface area contributed by atoms with Crippen LogP contribution in [0.1, 0.15) is 32.1 Å². The smallest absolute Gasteiger partial charge is 0.325 e. The van der Waals surface area contributed by atoms with E-state index in [-0.39, 0.29) is 26.4 Å². The summed E-state index contributed by atoms with van der Waals surface area (Å²) in [6, 6.07) is 0. The molecule has 0 aromatic rings. The van der Waals surface area contributed by atoms with Crippen molar-refractivity contribution in [3.05, 3.63) is 0 Å². The summed E-state index contributed by atoms with van der Waals surface area (Å²) in [5.41, 5.74) is 0. The van der Waals surface area contributed by atoms with Crippen LogP contribution >= 0.6 is 7.60 Å². The van der Waals surface area contributed by atoms with Crippen LogP contribution in [0, 0.1) is 0 Å². The van der Waals surface area contributed by atoms with Gasteiger partial charge in [-0.1, -0.05) is 0 Å². The molecule has 0 amide bonds. The highest BCUT2D eigenvalue weighted by Gasteiger charge is 2.49. The highest BCUT2D eigenvalue weighted by atomic mass is 31.2. The monoisotopic (exact) mass is 754 g/mol. The summed E-state index contributed by atoms with van der Waals surface area (Å²) in [7, 11) is -1.99. The van der Waals surface area contributed by atoms with Crippen molar-refractivity contribution in [3.63, 3.8) is 0 Å². The molecule has 3 saturated heterocycles. The predicted octanol–water partition coefficient (Wildman–Crippen LogP) is -4.10. The Balaban J connectivity index is 1.49. The van der Waals surface area contributed by atoms with E-state index in [1.165, 1.54) is 0 Å². The molecule has 296 valence electrons. The molecule has 0 spiro atoms. The first-order valence-electron chi connectivity index (χ1n) is 16.6. The number of methoxy groups -OCH3 is 1. The van der Waals surface area contributed by atoms with E-state index in [0.717, 1.165) is 19.5 Å². The van der Waals surface area contributed by atoms with Crippen molar-refractivity contribution in [3.8, 4) is 0 Å². The van der Waals surface area contributed by atoms with Gasteiger partial charge in [-0.05, 0) is 32.1 Å². The lowest BCUT2D eigenvalue weighted by Crippen LogP contribution is -2.62. The van der Waals surface area contributed by atoms with Gasteiger partial charge in [0.15, 0.2) is 18.9 Å². The maximum absolute atomic E-state index is 11.2. The molecule has 0 radical (unpaired) electrons. The summed E-state index contributed by atoms with van der Waals surface area (Å²) in [4.78, 5) is 9.14. The Bertz CT molecular complexity index is 993. The minimum atomic E-state index is -3.58. The van der Waals surface area contributed by atoms with Crippen molar-refractivity contribution in [2.45, 2.75) is 124 Å². The third-order valence-corrected chi connectivity index (χ3v) is 9.09. The molecule has 0 aliphatic carbocycles. The van der Waals surface area contributed by atoms with Crippen molar-refractivity contribution in [1.82, 2.24) is 0 Å². The first-order chi connectivity index (χ1) is 23.7. The number of ether oxygens (including phenoxy) is 8. The minimum Gasteiger partial charge on any atom is -0.387 e. The second-order valence-corrected chi connectivity index (χ2v) is 14.4. The van der Waals surface area contributed by atoms with Crippen molar-refractivity contribution in [2.24, 2.45) is 0 Å². The van der Waals surface area contributed by atoms with Crippen LogP contribution < -0.4 is 0 Å². The van der Waals surface area contributed by atoms with Crippen LogP contribution in [0.4, 0.5) is 0 Å². The largest absolute Gasteiger partial charge is 0.387 e. The molecule has 3 rings (SSSR count). The van der Waals surface area contributed by atoms with E-state index in [9.17, 15) is 50.5 Å². The molecule has 0 saturated carbocycles. The Morgan fingerprint density at radius 1 is 0.500 bits per heavy atom. The molecule has 16 atom stereocenters. The fourth-order valence-corrected chi connectivity index (χ4v) is 5.89. The summed E-state index contributed by atoms with van der Waals surface area (Å²) in [5, 5.41) is 93.9. The summed E-state index contributed by atoms with van der Waals surface area (Å²) >= 11 is 0. The van der Waals surface area contributed by atoms with Gasteiger partial charge in [-0.3, -0.25) is 4.57 Å². The van der Waals surface area contributed by atoms with Gasteiger partial charge in [0.25, 0.3) is 0 Å². The zero-order chi connectivity index (χ0) is 37.0. The molecule has 3 aliphatic heterocycles. The summed E-state index contributed by atoms with van der Waals surface area (Å²) in [6.07, 6.45) is -20.3. The van der Waals surface area contributed by atoms with Crippen molar-refractivity contribution < 1.29 is 97.8 Å². The van der Waals surface area contributed by atoms with Crippen LogP contribution in [0.15, 0.2) is 0 Å².